The molecule has 0 aromatic heterocycles. The number of amides is 2. The third-order valence-corrected chi connectivity index (χ3v) is 5.83. The Morgan fingerprint density at radius 2 is 1.78 bits per heavy atom. The first-order valence-corrected chi connectivity index (χ1v) is 9.71. The van der Waals surface area contributed by atoms with Crippen molar-refractivity contribution >= 4 is 11.8 Å². The van der Waals surface area contributed by atoms with Crippen LogP contribution >= 0.6 is 0 Å². The smallest absolute Gasteiger partial charge is 0.259 e. The van der Waals surface area contributed by atoms with Gasteiger partial charge in [-0.1, -0.05) is 18.6 Å². The lowest BCUT2D eigenvalue weighted by Crippen LogP contribution is -2.58. The van der Waals surface area contributed by atoms with Crippen molar-refractivity contribution < 1.29 is 23.5 Å². The minimum atomic E-state index is -0.801. The summed E-state index contributed by atoms with van der Waals surface area (Å²) >= 11 is 0. The summed E-state index contributed by atoms with van der Waals surface area (Å²) in [6, 6.07) is 5.23. The molecule has 6 nitrogen and oxygen atoms in total. The van der Waals surface area contributed by atoms with Crippen LogP contribution in [0.2, 0.25) is 0 Å². The minimum Gasteiger partial charge on any atom is -0.378 e. The molecule has 1 aromatic rings. The topological polar surface area (TPSA) is 59.1 Å². The highest BCUT2D eigenvalue weighted by molar-refractivity contribution is 5.98. The molecule has 1 aliphatic carbocycles. The summed E-state index contributed by atoms with van der Waals surface area (Å²) in [5.41, 5.74) is -0.808. The Morgan fingerprint density at radius 3 is 2.48 bits per heavy atom. The molecule has 1 atom stereocenters. The Kier molecular flexibility index (Phi) is 5.14. The van der Waals surface area contributed by atoms with Gasteiger partial charge in [-0.05, 0) is 37.8 Å². The highest BCUT2D eigenvalue weighted by atomic mass is 19.1. The largest absolute Gasteiger partial charge is 0.378 e. The second kappa shape index (κ2) is 7.56. The van der Waals surface area contributed by atoms with E-state index in [4.69, 9.17) is 9.47 Å². The molecule has 0 N–H and O–H groups in total. The van der Waals surface area contributed by atoms with Crippen LogP contribution < -0.4 is 0 Å². The zero-order valence-corrected chi connectivity index (χ0v) is 15.4. The van der Waals surface area contributed by atoms with Gasteiger partial charge in [-0.2, -0.15) is 0 Å². The predicted octanol–water partition coefficient (Wildman–Crippen LogP) is 2.19. The van der Waals surface area contributed by atoms with Gasteiger partial charge < -0.3 is 14.4 Å². The van der Waals surface area contributed by atoms with E-state index in [9.17, 15) is 14.0 Å². The second-order valence-electron chi connectivity index (χ2n) is 7.43. The van der Waals surface area contributed by atoms with Gasteiger partial charge >= 0.3 is 0 Å². The fraction of sp³-hybridized carbons (Fsp3) is 0.600. The molecule has 146 valence electrons. The molecule has 3 aliphatic rings. The molecule has 3 fully saturated rings. The van der Waals surface area contributed by atoms with Crippen LogP contribution in [0.25, 0.3) is 0 Å². The first-order valence-electron chi connectivity index (χ1n) is 9.71. The summed E-state index contributed by atoms with van der Waals surface area (Å²) in [5.74, 6) is -1.16. The molecule has 2 heterocycles. The van der Waals surface area contributed by atoms with Gasteiger partial charge in [0, 0.05) is 13.1 Å². The van der Waals surface area contributed by atoms with Crippen LogP contribution in [0.5, 0.6) is 0 Å². The SMILES string of the molecule is O=C([C@@H]1COC2(CCCCC2)N1C(=O)c1ccccc1F)N1CCOCC1. The summed E-state index contributed by atoms with van der Waals surface area (Å²) in [4.78, 5) is 29.8. The third-order valence-electron chi connectivity index (χ3n) is 5.83. The van der Waals surface area contributed by atoms with E-state index in [1.54, 1.807) is 21.9 Å². The first kappa shape index (κ1) is 18.4. The summed E-state index contributed by atoms with van der Waals surface area (Å²) in [5, 5.41) is 0. The maximum Gasteiger partial charge on any atom is 0.259 e. The minimum absolute atomic E-state index is 0.00674. The van der Waals surface area contributed by atoms with Crippen molar-refractivity contribution in [1.29, 1.82) is 0 Å². The Labute approximate surface area is 158 Å². The number of carbonyl (C=O) groups excluding carboxylic acids is 2. The molecule has 2 aliphatic heterocycles. The number of hydrogen-bond donors (Lipinski definition) is 0. The number of carbonyl (C=O) groups is 2. The standard InChI is InChI=1S/C20H25FN2O4/c21-16-7-3-2-6-15(16)18(24)23-17(19(25)22-10-12-26-13-11-22)14-27-20(23)8-4-1-5-9-20/h2-3,6-7,17H,1,4-5,8-14H2/t17-/m0/s1. The van der Waals surface area contributed by atoms with Gasteiger partial charge in [0.05, 0.1) is 25.4 Å². The Hall–Kier alpha value is -1.99. The van der Waals surface area contributed by atoms with Crippen molar-refractivity contribution in [3.63, 3.8) is 0 Å². The van der Waals surface area contributed by atoms with Gasteiger partial charge in [0.1, 0.15) is 17.6 Å². The Morgan fingerprint density at radius 1 is 1.07 bits per heavy atom. The average molecular weight is 376 g/mol. The quantitative estimate of drug-likeness (QED) is 0.794. The van der Waals surface area contributed by atoms with Crippen molar-refractivity contribution in [2.24, 2.45) is 0 Å². The molecule has 27 heavy (non-hydrogen) atoms. The van der Waals surface area contributed by atoms with Crippen LogP contribution in [0.15, 0.2) is 24.3 Å². The normalized spacial score (nSPS) is 25.0. The predicted molar refractivity (Wildman–Crippen MR) is 95.5 cm³/mol. The van der Waals surface area contributed by atoms with Crippen LogP contribution in [0.4, 0.5) is 4.39 Å². The molecule has 0 radical (unpaired) electrons. The molecule has 0 unspecified atom stereocenters. The number of rotatable bonds is 2. The second-order valence-corrected chi connectivity index (χ2v) is 7.43. The number of morpholine rings is 1. The molecule has 0 bridgehead atoms. The number of halogens is 1. The molecule has 4 rings (SSSR count). The Bertz CT molecular complexity index is 714. The summed E-state index contributed by atoms with van der Waals surface area (Å²) in [6.07, 6.45) is 4.30. The summed E-state index contributed by atoms with van der Waals surface area (Å²) < 4.78 is 25.8. The zero-order chi connectivity index (χ0) is 18.9. The lowest BCUT2D eigenvalue weighted by atomic mass is 9.89. The number of benzene rings is 1. The van der Waals surface area contributed by atoms with E-state index in [1.165, 1.54) is 12.1 Å². The van der Waals surface area contributed by atoms with Gasteiger partial charge in [-0.15, -0.1) is 0 Å². The monoisotopic (exact) mass is 376 g/mol. The van der Waals surface area contributed by atoms with E-state index < -0.39 is 23.5 Å². The van der Waals surface area contributed by atoms with Crippen LogP contribution in [0, 0.1) is 5.82 Å². The van der Waals surface area contributed by atoms with E-state index in [-0.39, 0.29) is 18.1 Å². The van der Waals surface area contributed by atoms with E-state index in [0.29, 0.717) is 39.1 Å². The van der Waals surface area contributed by atoms with Gasteiger partial charge in [0.2, 0.25) is 5.91 Å². The molecular weight excluding hydrogens is 351 g/mol. The third kappa shape index (κ3) is 3.34. The fourth-order valence-corrected chi connectivity index (χ4v) is 4.42. The number of hydrogen-bond acceptors (Lipinski definition) is 4. The lowest BCUT2D eigenvalue weighted by Gasteiger charge is -2.42. The van der Waals surface area contributed by atoms with Crippen molar-refractivity contribution in [3.05, 3.63) is 35.6 Å². The van der Waals surface area contributed by atoms with Gasteiger partial charge in [0.25, 0.3) is 5.91 Å². The highest BCUT2D eigenvalue weighted by Crippen LogP contribution is 2.41. The molecule has 1 spiro atoms. The van der Waals surface area contributed by atoms with E-state index in [2.05, 4.69) is 0 Å². The van der Waals surface area contributed by atoms with Gasteiger partial charge in [0.15, 0.2) is 0 Å². The van der Waals surface area contributed by atoms with Gasteiger partial charge in [-0.25, -0.2) is 4.39 Å². The maximum absolute atomic E-state index is 14.3. The lowest BCUT2D eigenvalue weighted by molar-refractivity contribution is -0.141. The van der Waals surface area contributed by atoms with Crippen LogP contribution in [-0.4, -0.2) is 66.3 Å². The van der Waals surface area contributed by atoms with Crippen LogP contribution in [0.3, 0.4) is 0 Å². The Balaban J connectivity index is 1.67. The highest BCUT2D eigenvalue weighted by Gasteiger charge is 2.54. The van der Waals surface area contributed by atoms with Crippen molar-refractivity contribution in [1.82, 2.24) is 9.80 Å². The number of ether oxygens (including phenoxy) is 2. The van der Waals surface area contributed by atoms with E-state index in [0.717, 1.165) is 19.3 Å². The molecule has 2 saturated heterocycles. The van der Waals surface area contributed by atoms with Crippen molar-refractivity contribution in [2.75, 3.05) is 32.9 Å². The van der Waals surface area contributed by atoms with Crippen molar-refractivity contribution in [2.45, 2.75) is 43.9 Å². The average Bonchev–Trinajstić information content (AvgIpc) is 3.07. The first-order chi connectivity index (χ1) is 13.1. The van der Waals surface area contributed by atoms with E-state index in [1.807, 2.05) is 0 Å². The summed E-state index contributed by atoms with van der Waals surface area (Å²) in [7, 11) is 0. The van der Waals surface area contributed by atoms with E-state index >= 15 is 0 Å². The molecule has 1 aromatic carbocycles. The van der Waals surface area contributed by atoms with Crippen molar-refractivity contribution in [3.8, 4) is 0 Å². The zero-order valence-electron chi connectivity index (χ0n) is 15.4. The summed E-state index contributed by atoms with van der Waals surface area (Å²) in [6.45, 7) is 2.15. The number of nitrogens with zero attached hydrogens (tertiary/aromatic N) is 2. The molecule has 1 saturated carbocycles. The van der Waals surface area contributed by atoms with Gasteiger partial charge in [-0.3, -0.25) is 14.5 Å². The molecule has 2 amide bonds. The molecule has 7 heteroatoms. The fourth-order valence-electron chi connectivity index (χ4n) is 4.42. The molecular formula is C20H25FN2O4. The van der Waals surface area contributed by atoms with Crippen LogP contribution in [-0.2, 0) is 14.3 Å². The van der Waals surface area contributed by atoms with Crippen LogP contribution in [0.1, 0.15) is 42.5 Å². The maximum atomic E-state index is 14.3.